The van der Waals surface area contributed by atoms with Crippen LogP contribution in [0, 0.1) is 11.8 Å². The second-order valence-corrected chi connectivity index (χ2v) is 15.0. The zero-order valence-electron chi connectivity index (χ0n) is 26.8. The molecule has 2 aliphatic rings. The lowest BCUT2D eigenvalue weighted by atomic mass is 9.66. The number of carboxylic acids is 2. The van der Waals surface area contributed by atoms with E-state index in [0.717, 1.165) is 13.1 Å². The molecule has 0 saturated carbocycles. The highest BCUT2D eigenvalue weighted by Gasteiger charge is 2.51. The summed E-state index contributed by atoms with van der Waals surface area (Å²) < 4.78 is 0. The van der Waals surface area contributed by atoms with Gasteiger partial charge in [-0.15, -0.1) is 0 Å². The van der Waals surface area contributed by atoms with Crippen LogP contribution < -0.4 is 0 Å². The van der Waals surface area contributed by atoms with Gasteiger partial charge in [0.15, 0.2) is 0 Å². The largest absolute Gasteiger partial charge is 0.478 e. The molecule has 2 aromatic rings. The zero-order chi connectivity index (χ0) is 31.1. The number of piperidine rings is 2. The summed E-state index contributed by atoms with van der Waals surface area (Å²) in [6.07, 6.45) is 2.34. The van der Waals surface area contributed by atoms with Crippen molar-refractivity contribution in [2.75, 3.05) is 0 Å². The first-order chi connectivity index (χ1) is 19.4. The van der Waals surface area contributed by atoms with Gasteiger partial charge >= 0.3 is 11.9 Å². The third-order valence-corrected chi connectivity index (χ3v) is 9.84. The minimum atomic E-state index is -1.09. The van der Waals surface area contributed by atoms with E-state index in [1.165, 1.54) is 11.1 Å². The van der Waals surface area contributed by atoms with E-state index in [4.69, 9.17) is 0 Å². The molecule has 0 amide bonds. The molecule has 0 aliphatic carbocycles. The van der Waals surface area contributed by atoms with Crippen molar-refractivity contribution in [1.82, 2.24) is 9.80 Å². The Morgan fingerprint density at radius 1 is 0.571 bits per heavy atom. The van der Waals surface area contributed by atoms with Crippen LogP contribution >= 0.6 is 0 Å². The smallest absolute Gasteiger partial charge is 0.332 e. The van der Waals surface area contributed by atoms with E-state index in [9.17, 15) is 19.8 Å². The van der Waals surface area contributed by atoms with Gasteiger partial charge in [-0.1, -0.05) is 60.7 Å². The van der Waals surface area contributed by atoms with Crippen LogP contribution in [0.3, 0.4) is 0 Å². The molecule has 4 rings (SSSR count). The average Bonchev–Trinajstić information content (AvgIpc) is 2.86. The van der Waals surface area contributed by atoms with Crippen molar-refractivity contribution in [1.29, 1.82) is 0 Å². The highest BCUT2D eigenvalue weighted by Crippen LogP contribution is 2.49. The van der Waals surface area contributed by atoms with Crippen LogP contribution in [0.5, 0.6) is 0 Å². The van der Waals surface area contributed by atoms with Crippen LogP contribution in [-0.2, 0) is 22.7 Å². The SMILES string of the molecule is CC1(C)CC(C(C(=O)O)=C(C(=O)O)C2CC(C)(C)N(Cc3ccccc3)C(C)(C)C2)CC(C)(C)N1Cc1ccccc1. The molecule has 2 heterocycles. The van der Waals surface area contributed by atoms with Gasteiger partial charge in [0.2, 0.25) is 0 Å². The second kappa shape index (κ2) is 11.6. The Morgan fingerprint density at radius 2 is 0.833 bits per heavy atom. The fourth-order valence-electron chi connectivity index (χ4n) is 8.45. The molecule has 2 N–H and O–H groups in total. The minimum absolute atomic E-state index is 0.108. The van der Waals surface area contributed by atoms with Gasteiger partial charge in [-0.05, 0) is 104 Å². The first kappa shape index (κ1) is 32.0. The number of hydrogen-bond donors (Lipinski definition) is 2. The van der Waals surface area contributed by atoms with E-state index >= 15 is 0 Å². The van der Waals surface area contributed by atoms with Crippen LogP contribution in [0.25, 0.3) is 0 Å². The molecule has 0 atom stereocenters. The molecule has 0 spiro atoms. The molecular weight excluding hydrogens is 524 g/mol. The summed E-state index contributed by atoms with van der Waals surface area (Å²) in [7, 11) is 0. The molecule has 2 saturated heterocycles. The molecule has 42 heavy (non-hydrogen) atoms. The summed E-state index contributed by atoms with van der Waals surface area (Å²) in [5.41, 5.74) is 1.32. The van der Waals surface area contributed by atoms with E-state index in [1.807, 2.05) is 36.4 Å². The van der Waals surface area contributed by atoms with Crippen molar-refractivity contribution in [2.24, 2.45) is 11.8 Å². The first-order valence-electron chi connectivity index (χ1n) is 15.3. The maximum Gasteiger partial charge on any atom is 0.332 e. The third-order valence-electron chi connectivity index (χ3n) is 9.84. The number of rotatable bonds is 8. The van der Waals surface area contributed by atoms with Gasteiger partial charge < -0.3 is 10.2 Å². The average molecular weight is 575 g/mol. The van der Waals surface area contributed by atoms with Crippen molar-refractivity contribution in [3.05, 3.63) is 82.9 Å². The van der Waals surface area contributed by atoms with Crippen LogP contribution in [-0.4, -0.2) is 54.1 Å². The molecule has 228 valence electrons. The summed E-state index contributed by atoms with van der Waals surface area (Å²) in [5, 5.41) is 21.4. The highest BCUT2D eigenvalue weighted by molar-refractivity contribution is 5.99. The van der Waals surface area contributed by atoms with E-state index in [-0.39, 0.29) is 45.1 Å². The number of benzene rings is 2. The van der Waals surface area contributed by atoms with Gasteiger partial charge in [0, 0.05) is 35.2 Å². The van der Waals surface area contributed by atoms with Crippen molar-refractivity contribution in [3.63, 3.8) is 0 Å². The lowest BCUT2D eigenvalue weighted by molar-refractivity contribution is -0.138. The highest BCUT2D eigenvalue weighted by atomic mass is 16.4. The third kappa shape index (κ3) is 6.65. The Hall–Kier alpha value is -2.96. The van der Waals surface area contributed by atoms with Gasteiger partial charge in [0.05, 0.1) is 11.1 Å². The molecule has 2 fully saturated rings. The van der Waals surface area contributed by atoms with Crippen LogP contribution in [0.1, 0.15) is 92.2 Å². The maximum atomic E-state index is 13.1. The van der Waals surface area contributed by atoms with Gasteiger partial charge in [-0.25, -0.2) is 9.59 Å². The number of hydrogen-bond acceptors (Lipinski definition) is 4. The quantitative estimate of drug-likeness (QED) is 0.320. The Balaban J connectivity index is 1.70. The van der Waals surface area contributed by atoms with E-state index in [2.05, 4.69) is 89.5 Å². The summed E-state index contributed by atoms with van der Waals surface area (Å²) in [4.78, 5) is 31.0. The molecule has 2 aliphatic heterocycles. The number of nitrogens with zero attached hydrogens (tertiary/aromatic N) is 2. The van der Waals surface area contributed by atoms with Crippen molar-refractivity contribution >= 4 is 11.9 Å². The normalized spacial score (nSPS) is 23.2. The van der Waals surface area contributed by atoms with E-state index < -0.39 is 11.9 Å². The predicted molar refractivity (Wildman–Crippen MR) is 168 cm³/mol. The second-order valence-electron chi connectivity index (χ2n) is 15.0. The fraction of sp³-hybridized carbons (Fsp3) is 0.556. The van der Waals surface area contributed by atoms with Crippen molar-refractivity contribution in [3.8, 4) is 0 Å². The van der Waals surface area contributed by atoms with Gasteiger partial charge in [-0.3, -0.25) is 9.80 Å². The summed E-state index contributed by atoms with van der Waals surface area (Å²) in [5.74, 6) is -2.91. The number of carboxylic acid groups (broad SMARTS) is 2. The van der Waals surface area contributed by atoms with Crippen LogP contribution in [0.4, 0.5) is 0 Å². The lowest BCUT2D eigenvalue weighted by Gasteiger charge is -2.57. The molecular formula is C36H50N2O4. The van der Waals surface area contributed by atoms with Crippen LogP contribution in [0.15, 0.2) is 71.8 Å². The number of aliphatic carboxylic acids is 2. The van der Waals surface area contributed by atoms with Gasteiger partial charge in [-0.2, -0.15) is 0 Å². The van der Waals surface area contributed by atoms with Gasteiger partial charge in [0.1, 0.15) is 0 Å². The monoisotopic (exact) mass is 574 g/mol. The molecule has 0 radical (unpaired) electrons. The van der Waals surface area contributed by atoms with Crippen molar-refractivity contribution < 1.29 is 19.8 Å². The maximum absolute atomic E-state index is 13.1. The molecule has 0 aromatic heterocycles. The molecule has 0 bridgehead atoms. The van der Waals surface area contributed by atoms with Gasteiger partial charge in [0.25, 0.3) is 0 Å². The Morgan fingerprint density at radius 3 is 1.07 bits per heavy atom. The van der Waals surface area contributed by atoms with Crippen LogP contribution in [0.2, 0.25) is 0 Å². The Bertz CT molecular complexity index is 1170. The fourth-order valence-corrected chi connectivity index (χ4v) is 8.45. The minimum Gasteiger partial charge on any atom is -0.478 e. The summed E-state index contributed by atoms with van der Waals surface area (Å²) in [6, 6.07) is 20.7. The Kier molecular flexibility index (Phi) is 8.84. The predicted octanol–water partition coefficient (Wildman–Crippen LogP) is 7.39. The topological polar surface area (TPSA) is 81.1 Å². The van der Waals surface area contributed by atoms with Crippen molar-refractivity contribution in [2.45, 2.75) is 116 Å². The number of carbonyl (C=O) groups is 2. The zero-order valence-corrected chi connectivity index (χ0v) is 26.8. The molecule has 6 heteroatoms. The van der Waals surface area contributed by atoms with E-state index in [1.54, 1.807) is 0 Å². The molecule has 6 nitrogen and oxygen atoms in total. The summed E-state index contributed by atoms with van der Waals surface area (Å²) in [6.45, 7) is 18.8. The molecule has 2 aromatic carbocycles. The van der Waals surface area contributed by atoms with E-state index in [0.29, 0.717) is 25.7 Å². The first-order valence-corrected chi connectivity index (χ1v) is 15.3. The summed E-state index contributed by atoms with van der Waals surface area (Å²) >= 11 is 0. The molecule has 0 unspecified atom stereocenters. The Labute approximate surface area is 252 Å². The number of likely N-dealkylation sites (tertiary alicyclic amines) is 2. The standard InChI is InChI=1S/C36H50N2O4/c1-33(2)19-27(20-34(3,4)37(33)23-25-15-11-9-12-16-25)29(31(39)40)30(32(41)42)28-21-35(5,6)38(36(7,8)22-28)24-26-17-13-10-14-18-26/h9-18,27-28H,19-24H2,1-8H3,(H,39,40)(H,41,42). The lowest BCUT2D eigenvalue weighted by Crippen LogP contribution is -2.61.